The summed E-state index contributed by atoms with van der Waals surface area (Å²) < 4.78 is 22.7. The number of hydrogen-bond acceptors (Lipinski definition) is 7. The van der Waals surface area contributed by atoms with Crippen LogP contribution in [0.3, 0.4) is 0 Å². The zero-order valence-electron chi connectivity index (χ0n) is 23.5. The fourth-order valence-electron chi connectivity index (χ4n) is 7.78. The molecule has 2 aromatic rings. The smallest absolute Gasteiger partial charge is 0.124 e. The van der Waals surface area contributed by atoms with Crippen LogP contribution in [-0.2, 0) is 22.7 Å². The second kappa shape index (κ2) is 13.0. The maximum Gasteiger partial charge on any atom is 0.124 e. The van der Waals surface area contributed by atoms with Crippen molar-refractivity contribution in [1.82, 2.24) is 4.90 Å². The SMILES string of the molecule is COc1ccccc1COC[C@H](O)CN(C[C@@H](O)COCc1ccccc1OC)C12CC3CC(CC(C3)C1)C2. The van der Waals surface area contributed by atoms with Gasteiger partial charge in [-0.25, -0.2) is 0 Å². The number of para-hydroxylation sites is 2. The second-order valence-corrected chi connectivity index (χ2v) is 12.0. The Hall–Kier alpha value is -2.16. The van der Waals surface area contributed by atoms with E-state index < -0.39 is 12.2 Å². The molecule has 4 bridgehead atoms. The van der Waals surface area contributed by atoms with Gasteiger partial charge in [0.2, 0.25) is 0 Å². The fourth-order valence-corrected chi connectivity index (χ4v) is 7.78. The summed E-state index contributed by atoms with van der Waals surface area (Å²) >= 11 is 0. The Morgan fingerprint density at radius 3 is 1.54 bits per heavy atom. The molecule has 7 heteroatoms. The molecule has 2 N–H and O–H groups in total. The lowest BCUT2D eigenvalue weighted by Crippen LogP contribution is -2.62. The Balaban J connectivity index is 1.19. The van der Waals surface area contributed by atoms with E-state index in [0.29, 0.717) is 26.3 Å². The zero-order chi connectivity index (χ0) is 27.2. The lowest BCUT2D eigenvalue weighted by atomic mass is 9.52. The summed E-state index contributed by atoms with van der Waals surface area (Å²) in [5.41, 5.74) is 1.99. The quantitative estimate of drug-likeness (QED) is 0.347. The van der Waals surface area contributed by atoms with Crippen LogP contribution in [0.2, 0.25) is 0 Å². The van der Waals surface area contributed by atoms with E-state index in [2.05, 4.69) is 4.90 Å². The van der Waals surface area contributed by atoms with Gasteiger partial charge in [-0.05, 0) is 68.4 Å². The normalized spacial score (nSPS) is 27.1. The third kappa shape index (κ3) is 6.95. The summed E-state index contributed by atoms with van der Waals surface area (Å²) in [5, 5.41) is 22.2. The molecule has 0 amide bonds. The molecule has 214 valence electrons. The van der Waals surface area contributed by atoms with Gasteiger partial charge in [-0.3, -0.25) is 4.90 Å². The van der Waals surface area contributed by atoms with Crippen LogP contribution in [0.5, 0.6) is 11.5 Å². The first-order valence-electron chi connectivity index (χ1n) is 14.5. The molecule has 4 fully saturated rings. The minimum atomic E-state index is -0.644. The summed E-state index contributed by atoms with van der Waals surface area (Å²) in [5.74, 6) is 3.90. The Morgan fingerprint density at radius 1 is 0.718 bits per heavy atom. The highest BCUT2D eigenvalue weighted by molar-refractivity contribution is 5.33. The van der Waals surface area contributed by atoms with E-state index in [9.17, 15) is 10.2 Å². The van der Waals surface area contributed by atoms with Gasteiger partial charge < -0.3 is 29.2 Å². The molecule has 0 unspecified atom stereocenters. The Labute approximate surface area is 233 Å². The first kappa shape index (κ1) is 28.4. The highest BCUT2D eigenvalue weighted by Gasteiger charge is 2.53. The molecule has 0 aliphatic heterocycles. The van der Waals surface area contributed by atoms with Gasteiger partial charge in [-0.1, -0.05) is 36.4 Å². The summed E-state index contributed by atoms with van der Waals surface area (Å²) in [6, 6.07) is 15.6. The molecule has 2 aromatic carbocycles. The molecular formula is C32H45NO6. The average Bonchev–Trinajstić information content (AvgIpc) is 2.92. The number of benzene rings is 2. The van der Waals surface area contributed by atoms with E-state index in [1.54, 1.807) is 14.2 Å². The first-order valence-corrected chi connectivity index (χ1v) is 14.5. The molecule has 4 saturated carbocycles. The highest BCUT2D eigenvalue weighted by atomic mass is 16.5. The van der Waals surface area contributed by atoms with Crippen molar-refractivity contribution in [3.63, 3.8) is 0 Å². The molecule has 0 saturated heterocycles. The third-order valence-corrected chi connectivity index (χ3v) is 9.06. The van der Waals surface area contributed by atoms with Gasteiger partial charge in [0.05, 0.1) is 52.9 Å². The third-order valence-electron chi connectivity index (χ3n) is 9.06. The van der Waals surface area contributed by atoms with E-state index in [0.717, 1.165) is 40.4 Å². The lowest BCUT2D eigenvalue weighted by molar-refractivity contribution is -0.119. The van der Waals surface area contributed by atoms with Crippen molar-refractivity contribution in [2.75, 3.05) is 40.5 Å². The maximum atomic E-state index is 11.1. The number of aliphatic hydroxyl groups is 2. The van der Waals surface area contributed by atoms with Crippen LogP contribution in [0.1, 0.15) is 49.7 Å². The van der Waals surface area contributed by atoms with Crippen LogP contribution >= 0.6 is 0 Å². The van der Waals surface area contributed by atoms with Crippen molar-refractivity contribution >= 4 is 0 Å². The van der Waals surface area contributed by atoms with Crippen molar-refractivity contribution in [1.29, 1.82) is 0 Å². The van der Waals surface area contributed by atoms with E-state index in [1.807, 2.05) is 48.5 Å². The van der Waals surface area contributed by atoms with Crippen LogP contribution in [0, 0.1) is 17.8 Å². The molecule has 4 aliphatic carbocycles. The molecule has 39 heavy (non-hydrogen) atoms. The van der Waals surface area contributed by atoms with Crippen molar-refractivity contribution in [3.8, 4) is 11.5 Å². The Bertz CT molecular complexity index is 964. The van der Waals surface area contributed by atoms with Crippen LogP contribution in [0.15, 0.2) is 48.5 Å². The van der Waals surface area contributed by atoms with Crippen LogP contribution in [0.25, 0.3) is 0 Å². The van der Waals surface area contributed by atoms with Gasteiger partial charge in [-0.15, -0.1) is 0 Å². The summed E-state index contributed by atoms with van der Waals surface area (Å²) in [4.78, 5) is 2.39. The number of hydrogen-bond donors (Lipinski definition) is 2. The summed E-state index contributed by atoms with van der Waals surface area (Å²) in [6.07, 6.45) is 6.27. The van der Waals surface area contributed by atoms with Crippen LogP contribution in [-0.4, -0.2) is 73.4 Å². The molecule has 7 nitrogen and oxygen atoms in total. The standard InChI is InChI=1S/C32H45NO6/c1-36-30-9-5-3-7-26(30)19-38-21-28(34)17-33(32-14-23-11-24(15-32)13-25(12-23)16-32)18-29(35)22-39-20-27-8-4-6-10-31(27)37-2/h3-10,23-25,28-29,34-35H,11-22H2,1-2H3/t23?,24?,25?,28-,29-,32?/m1/s1. The molecule has 4 aliphatic rings. The first-order chi connectivity index (χ1) is 19.0. The molecule has 6 rings (SSSR count). The van der Waals surface area contributed by atoms with Crippen molar-refractivity contribution < 1.29 is 29.2 Å². The topological polar surface area (TPSA) is 80.6 Å². The highest BCUT2D eigenvalue weighted by Crippen LogP contribution is 2.57. The van der Waals surface area contributed by atoms with Gasteiger partial charge in [0.1, 0.15) is 11.5 Å². The Kier molecular flexibility index (Phi) is 9.46. The number of β-amino-alcohol motifs (C(OH)–C–C–N with tert-alkyl or cyclic N) is 2. The minimum absolute atomic E-state index is 0.0576. The van der Waals surface area contributed by atoms with Crippen molar-refractivity contribution in [2.45, 2.75) is 69.5 Å². The molecule has 0 spiro atoms. The fraction of sp³-hybridized carbons (Fsp3) is 0.625. The largest absolute Gasteiger partial charge is 0.496 e. The maximum absolute atomic E-state index is 11.1. The van der Waals surface area contributed by atoms with Crippen molar-refractivity contribution in [2.24, 2.45) is 17.8 Å². The summed E-state index contributed by atoms with van der Waals surface area (Å²) in [6.45, 7) is 2.22. The lowest BCUT2D eigenvalue weighted by Gasteiger charge is -2.61. The number of nitrogens with zero attached hydrogens (tertiary/aromatic N) is 1. The van der Waals surface area contributed by atoms with Crippen LogP contribution in [0.4, 0.5) is 0 Å². The van der Waals surface area contributed by atoms with E-state index in [4.69, 9.17) is 18.9 Å². The van der Waals surface area contributed by atoms with E-state index in [-0.39, 0.29) is 18.8 Å². The summed E-state index contributed by atoms with van der Waals surface area (Å²) in [7, 11) is 3.31. The number of ether oxygens (including phenoxy) is 4. The predicted molar refractivity (Wildman–Crippen MR) is 150 cm³/mol. The van der Waals surface area contributed by atoms with E-state index >= 15 is 0 Å². The van der Waals surface area contributed by atoms with Gasteiger partial charge in [0, 0.05) is 29.8 Å². The minimum Gasteiger partial charge on any atom is -0.496 e. The van der Waals surface area contributed by atoms with Gasteiger partial charge in [0.25, 0.3) is 0 Å². The second-order valence-electron chi connectivity index (χ2n) is 12.0. The monoisotopic (exact) mass is 539 g/mol. The predicted octanol–water partition coefficient (Wildman–Crippen LogP) is 4.43. The molecule has 2 atom stereocenters. The van der Waals surface area contributed by atoms with Gasteiger partial charge in [-0.2, -0.15) is 0 Å². The van der Waals surface area contributed by atoms with E-state index in [1.165, 1.54) is 38.5 Å². The van der Waals surface area contributed by atoms with Gasteiger partial charge >= 0.3 is 0 Å². The van der Waals surface area contributed by atoms with Gasteiger partial charge in [0.15, 0.2) is 0 Å². The Morgan fingerprint density at radius 2 is 1.13 bits per heavy atom. The zero-order valence-corrected chi connectivity index (χ0v) is 23.5. The molecular weight excluding hydrogens is 494 g/mol. The van der Waals surface area contributed by atoms with Crippen molar-refractivity contribution in [3.05, 3.63) is 59.7 Å². The van der Waals surface area contributed by atoms with Crippen LogP contribution < -0.4 is 9.47 Å². The number of aliphatic hydroxyl groups excluding tert-OH is 2. The molecule has 0 aromatic heterocycles. The average molecular weight is 540 g/mol. The number of rotatable bonds is 15. The molecule has 0 radical (unpaired) electrons. The molecule has 0 heterocycles. The number of methoxy groups -OCH3 is 2.